The van der Waals surface area contributed by atoms with Crippen LogP contribution >= 0.6 is 11.6 Å². The molecule has 0 aliphatic rings. The van der Waals surface area contributed by atoms with E-state index in [-0.39, 0.29) is 24.1 Å². The number of benzene rings is 1. The quantitative estimate of drug-likeness (QED) is 0.676. The summed E-state index contributed by atoms with van der Waals surface area (Å²) in [6, 6.07) is 7.22. The molecule has 1 atom stereocenters. The molecule has 0 radical (unpaired) electrons. The van der Waals surface area contributed by atoms with E-state index in [0.717, 1.165) is 10.1 Å². The number of rotatable bonds is 5. The first-order valence-electron chi connectivity index (χ1n) is 8.88. The van der Waals surface area contributed by atoms with Gasteiger partial charge in [0.1, 0.15) is 0 Å². The number of carbonyl (C=O) groups excluding carboxylic acids is 1. The van der Waals surface area contributed by atoms with Crippen LogP contribution in [0.3, 0.4) is 0 Å². The van der Waals surface area contributed by atoms with Gasteiger partial charge in [-0.25, -0.2) is 9.50 Å². The summed E-state index contributed by atoms with van der Waals surface area (Å²) in [5, 5.41) is 7.01. The molecule has 10 heteroatoms. The van der Waals surface area contributed by atoms with Gasteiger partial charge in [0.25, 0.3) is 11.6 Å². The van der Waals surface area contributed by atoms with Crippen molar-refractivity contribution in [3.05, 3.63) is 57.6 Å². The van der Waals surface area contributed by atoms with Crippen LogP contribution in [0.5, 0.6) is 0 Å². The van der Waals surface area contributed by atoms with Crippen LogP contribution in [-0.2, 0) is 23.8 Å². The Bertz CT molecular complexity index is 1060. The summed E-state index contributed by atoms with van der Waals surface area (Å²) in [5.74, 6) is -1.67. The van der Waals surface area contributed by atoms with Gasteiger partial charge in [0.2, 0.25) is 5.91 Å². The lowest BCUT2D eigenvalue weighted by molar-refractivity contribution is -0.144. The minimum Gasteiger partial charge on any atom is -0.353 e. The fraction of sp³-hybridized carbons (Fsp3) is 0.368. The Morgan fingerprint density at radius 2 is 2.00 bits per heavy atom. The van der Waals surface area contributed by atoms with Gasteiger partial charge in [0.15, 0.2) is 0 Å². The molecular weight excluding hydrogens is 407 g/mol. The minimum atomic E-state index is -4.67. The number of carbonyl (C=O) groups is 1. The summed E-state index contributed by atoms with van der Waals surface area (Å²) in [7, 11) is 0. The van der Waals surface area contributed by atoms with Crippen molar-refractivity contribution in [3.63, 3.8) is 0 Å². The molecule has 0 saturated carbocycles. The topological polar surface area (TPSA) is 72.2 Å². The Hall–Kier alpha value is -2.68. The lowest BCUT2D eigenvalue weighted by Crippen LogP contribution is -2.35. The van der Waals surface area contributed by atoms with Crippen molar-refractivity contribution >= 4 is 23.3 Å². The smallest absolute Gasteiger partial charge is 0.353 e. The largest absolute Gasteiger partial charge is 0.453 e. The highest BCUT2D eigenvalue weighted by Gasteiger charge is 2.37. The summed E-state index contributed by atoms with van der Waals surface area (Å²) < 4.78 is 39.7. The number of fused-ring (bicyclic) bond motifs is 1. The van der Waals surface area contributed by atoms with Crippen molar-refractivity contribution in [3.8, 4) is 0 Å². The molecule has 6 nitrogen and oxygen atoms in total. The van der Waals surface area contributed by atoms with E-state index in [0.29, 0.717) is 28.4 Å². The van der Waals surface area contributed by atoms with E-state index in [4.69, 9.17) is 11.6 Å². The molecule has 0 aliphatic heterocycles. The van der Waals surface area contributed by atoms with E-state index < -0.39 is 12.0 Å². The summed E-state index contributed by atoms with van der Waals surface area (Å²) in [6.07, 6.45) is -4.09. The number of amides is 1. The number of nitrogens with one attached hydrogen (secondary N) is 1. The lowest BCUT2D eigenvalue weighted by Gasteiger charge is -2.16. The molecule has 0 bridgehead atoms. The Morgan fingerprint density at radius 1 is 1.28 bits per heavy atom. The number of nitrogens with zero attached hydrogens (tertiary/aromatic N) is 4. The highest BCUT2D eigenvalue weighted by Crippen LogP contribution is 2.27. The standard InChI is InChI=1S/C19H19ClF3N5O/c1-10(7-13-5-4-6-14(20)8-13)24-16(29)9-15-11(2)25-18-26-17(19(21,22)23)27-28(18)12(15)3/h4-6,8,10H,7,9H2,1-3H3,(H,24,29)/t10-/m0/s1. The molecule has 0 unspecified atom stereocenters. The molecule has 0 spiro atoms. The van der Waals surface area contributed by atoms with E-state index >= 15 is 0 Å². The number of aromatic nitrogens is 4. The lowest BCUT2D eigenvalue weighted by atomic mass is 10.1. The second kappa shape index (κ2) is 7.98. The van der Waals surface area contributed by atoms with Crippen LogP contribution in [0, 0.1) is 13.8 Å². The third kappa shape index (κ3) is 4.84. The molecule has 0 saturated heterocycles. The first kappa shape index (κ1) is 21.0. The highest BCUT2D eigenvalue weighted by molar-refractivity contribution is 6.30. The molecule has 3 rings (SSSR count). The second-order valence-corrected chi connectivity index (χ2v) is 7.32. The van der Waals surface area contributed by atoms with Gasteiger partial charge in [0, 0.05) is 28.0 Å². The number of hydrogen-bond acceptors (Lipinski definition) is 4. The Balaban J connectivity index is 1.75. The van der Waals surface area contributed by atoms with Gasteiger partial charge in [-0.3, -0.25) is 4.79 Å². The van der Waals surface area contributed by atoms with Crippen molar-refractivity contribution < 1.29 is 18.0 Å². The SMILES string of the molecule is Cc1nc2nc(C(F)(F)F)nn2c(C)c1CC(=O)N[C@@H](C)Cc1cccc(Cl)c1. The molecule has 154 valence electrons. The van der Waals surface area contributed by atoms with Gasteiger partial charge in [-0.1, -0.05) is 23.7 Å². The molecule has 3 aromatic rings. The summed E-state index contributed by atoms with van der Waals surface area (Å²) in [4.78, 5) is 20.0. The Morgan fingerprint density at radius 3 is 2.66 bits per heavy atom. The summed E-state index contributed by atoms with van der Waals surface area (Å²) in [5.41, 5.74) is 2.34. The number of hydrogen-bond donors (Lipinski definition) is 1. The number of halogens is 4. The maximum atomic E-state index is 12.9. The molecule has 1 aromatic carbocycles. The van der Waals surface area contributed by atoms with Crippen LogP contribution in [0.4, 0.5) is 13.2 Å². The van der Waals surface area contributed by atoms with Crippen LogP contribution in [0.25, 0.3) is 5.78 Å². The molecule has 2 aromatic heterocycles. The van der Waals surface area contributed by atoms with Crippen molar-refractivity contribution in [1.82, 2.24) is 24.9 Å². The number of aryl methyl sites for hydroxylation is 2. The van der Waals surface area contributed by atoms with E-state index in [1.807, 2.05) is 25.1 Å². The van der Waals surface area contributed by atoms with Gasteiger partial charge < -0.3 is 5.32 Å². The summed E-state index contributed by atoms with van der Waals surface area (Å²) >= 11 is 5.98. The Kier molecular flexibility index (Phi) is 5.79. The van der Waals surface area contributed by atoms with Crippen LogP contribution in [-0.4, -0.2) is 31.5 Å². The first-order valence-corrected chi connectivity index (χ1v) is 9.26. The molecular formula is C19H19ClF3N5O. The van der Waals surface area contributed by atoms with E-state index in [1.165, 1.54) is 0 Å². The van der Waals surface area contributed by atoms with Crippen molar-refractivity contribution in [2.24, 2.45) is 0 Å². The molecule has 1 N–H and O–H groups in total. The van der Waals surface area contributed by atoms with Crippen LogP contribution in [0.15, 0.2) is 24.3 Å². The average molecular weight is 426 g/mol. The molecule has 29 heavy (non-hydrogen) atoms. The first-order chi connectivity index (χ1) is 13.5. The van der Waals surface area contributed by atoms with Gasteiger partial charge in [0.05, 0.1) is 6.42 Å². The zero-order valence-corrected chi connectivity index (χ0v) is 16.8. The number of alkyl halides is 3. The predicted molar refractivity (Wildman–Crippen MR) is 102 cm³/mol. The second-order valence-electron chi connectivity index (χ2n) is 6.89. The fourth-order valence-electron chi connectivity index (χ4n) is 3.14. The van der Waals surface area contributed by atoms with E-state index in [2.05, 4.69) is 20.4 Å². The molecule has 0 aliphatic carbocycles. The zero-order chi connectivity index (χ0) is 21.3. The monoisotopic (exact) mass is 425 g/mol. The normalized spacial score (nSPS) is 12.9. The van der Waals surface area contributed by atoms with Crippen LogP contribution in [0.1, 0.15) is 35.3 Å². The van der Waals surface area contributed by atoms with Crippen molar-refractivity contribution in [1.29, 1.82) is 0 Å². The van der Waals surface area contributed by atoms with Crippen LogP contribution in [0.2, 0.25) is 5.02 Å². The van der Waals surface area contributed by atoms with E-state index in [9.17, 15) is 18.0 Å². The maximum Gasteiger partial charge on any atom is 0.453 e. The fourth-order valence-corrected chi connectivity index (χ4v) is 3.35. The Labute approximate surface area is 170 Å². The van der Waals surface area contributed by atoms with Gasteiger partial charge in [-0.05, 0) is 44.9 Å². The van der Waals surface area contributed by atoms with Crippen molar-refractivity contribution in [2.75, 3.05) is 0 Å². The van der Waals surface area contributed by atoms with E-state index in [1.54, 1.807) is 19.9 Å². The molecule has 1 amide bonds. The third-order valence-corrected chi connectivity index (χ3v) is 4.71. The average Bonchev–Trinajstić information content (AvgIpc) is 3.03. The molecule has 0 fully saturated rings. The molecule has 2 heterocycles. The van der Waals surface area contributed by atoms with Gasteiger partial charge >= 0.3 is 6.18 Å². The highest BCUT2D eigenvalue weighted by atomic mass is 35.5. The third-order valence-electron chi connectivity index (χ3n) is 4.48. The predicted octanol–water partition coefficient (Wildman–Crippen LogP) is 3.70. The zero-order valence-electron chi connectivity index (χ0n) is 16.0. The summed E-state index contributed by atoms with van der Waals surface area (Å²) in [6.45, 7) is 5.09. The van der Waals surface area contributed by atoms with Crippen molar-refractivity contribution in [2.45, 2.75) is 45.8 Å². The van der Waals surface area contributed by atoms with Crippen LogP contribution < -0.4 is 5.32 Å². The van der Waals surface area contributed by atoms with Gasteiger partial charge in [-0.2, -0.15) is 18.2 Å². The minimum absolute atomic E-state index is 0.0261. The van der Waals surface area contributed by atoms with Gasteiger partial charge in [-0.15, -0.1) is 5.10 Å². The maximum absolute atomic E-state index is 12.9.